The van der Waals surface area contributed by atoms with E-state index in [-0.39, 0.29) is 18.1 Å². The number of hydrogen-bond acceptors (Lipinski definition) is 5. The Labute approximate surface area is 163 Å². The number of nitrogens with one attached hydrogen (secondary N) is 1. The number of rotatable bonds is 6. The molecule has 28 heavy (non-hydrogen) atoms. The number of hydrogen-bond donors (Lipinski definition) is 2. The summed E-state index contributed by atoms with van der Waals surface area (Å²) >= 11 is 0. The maximum absolute atomic E-state index is 13.1. The van der Waals surface area contributed by atoms with E-state index in [4.69, 9.17) is 4.74 Å². The highest BCUT2D eigenvalue weighted by molar-refractivity contribution is 5.97. The molecule has 2 N–H and O–H groups in total. The first-order valence-corrected chi connectivity index (χ1v) is 9.29. The Morgan fingerprint density at radius 3 is 2.39 bits per heavy atom. The fourth-order valence-electron chi connectivity index (χ4n) is 3.34. The molecule has 1 heterocycles. The van der Waals surface area contributed by atoms with Crippen LogP contribution in [0.2, 0.25) is 0 Å². The van der Waals surface area contributed by atoms with Crippen LogP contribution in [0.25, 0.3) is 0 Å². The minimum atomic E-state index is -0.937. The van der Waals surface area contributed by atoms with Crippen LogP contribution in [0, 0.1) is 5.82 Å². The number of ether oxygens (including phenoxy) is 1. The number of carbonyl (C=O) groups excluding carboxylic acids is 2. The summed E-state index contributed by atoms with van der Waals surface area (Å²) in [6.45, 7) is 5.27. The van der Waals surface area contributed by atoms with Gasteiger partial charge in [-0.05, 0) is 56.3 Å². The molecule has 0 radical (unpaired) electrons. The van der Waals surface area contributed by atoms with E-state index in [1.165, 1.54) is 24.3 Å². The van der Waals surface area contributed by atoms with Gasteiger partial charge < -0.3 is 15.2 Å². The van der Waals surface area contributed by atoms with Gasteiger partial charge in [-0.15, -0.1) is 0 Å². The Morgan fingerprint density at radius 2 is 1.75 bits per heavy atom. The van der Waals surface area contributed by atoms with Crippen LogP contribution in [-0.4, -0.2) is 34.9 Å². The van der Waals surface area contributed by atoms with Gasteiger partial charge in [0.25, 0.3) is 0 Å². The lowest BCUT2D eigenvalue weighted by molar-refractivity contribution is -0.0640. The summed E-state index contributed by atoms with van der Waals surface area (Å²) in [5, 5.41) is 13.9. The van der Waals surface area contributed by atoms with Crippen molar-refractivity contribution >= 4 is 11.6 Å². The standard InChI is InChI=1S/C22H24FNO4/c1-4-17(25)14-7-10-19-16(11-14)20(21(27)22(2,3)28-19)24-12-18(26)13-5-8-15(23)9-6-13/h5-11,20-21,24,27H,4,12H2,1-3H3/t20-,21+/m0/s1. The normalized spacial score (nSPS) is 20.2. The second-order valence-corrected chi connectivity index (χ2v) is 7.47. The lowest BCUT2D eigenvalue weighted by Crippen LogP contribution is -2.53. The van der Waals surface area contributed by atoms with Crippen LogP contribution >= 0.6 is 0 Å². The van der Waals surface area contributed by atoms with Crippen molar-refractivity contribution in [2.45, 2.75) is 44.9 Å². The van der Waals surface area contributed by atoms with Gasteiger partial charge in [-0.3, -0.25) is 9.59 Å². The van der Waals surface area contributed by atoms with Gasteiger partial charge in [-0.2, -0.15) is 0 Å². The zero-order valence-electron chi connectivity index (χ0n) is 16.2. The van der Waals surface area contributed by atoms with Crippen molar-refractivity contribution in [1.82, 2.24) is 5.32 Å². The van der Waals surface area contributed by atoms with E-state index in [9.17, 15) is 19.1 Å². The molecule has 0 unspecified atom stereocenters. The molecule has 0 aliphatic carbocycles. The second-order valence-electron chi connectivity index (χ2n) is 7.47. The van der Waals surface area contributed by atoms with Crippen molar-refractivity contribution in [2.75, 3.05) is 6.54 Å². The maximum atomic E-state index is 13.1. The molecule has 0 amide bonds. The highest BCUT2D eigenvalue weighted by atomic mass is 19.1. The second kappa shape index (κ2) is 7.81. The summed E-state index contributed by atoms with van der Waals surface area (Å²) in [4.78, 5) is 24.5. The van der Waals surface area contributed by atoms with Crippen molar-refractivity contribution in [3.8, 4) is 5.75 Å². The van der Waals surface area contributed by atoms with Crippen LogP contribution in [0.4, 0.5) is 4.39 Å². The Morgan fingerprint density at radius 1 is 1.11 bits per heavy atom. The molecule has 1 aliphatic rings. The van der Waals surface area contributed by atoms with Crippen molar-refractivity contribution in [3.05, 3.63) is 65.0 Å². The van der Waals surface area contributed by atoms with E-state index in [2.05, 4.69) is 5.32 Å². The van der Waals surface area contributed by atoms with Gasteiger partial charge in [0.05, 0.1) is 12.6 Å². The summed E-state index contributed by atoms with van der Waals surface area (Å²) in [6.07, 6.45) is -0.567. The van der Waals surface area contributed by atoms with Gasteiger partial charge in [0, 0.05) is 23.1 Å². The molecule has 0 saturated carbocycles. The van der Waals surface area contributed by atoms with Gasteiger partial charge in [0.2, 0.25) is 0 Å². The fraction of sp³-hybridized carbons (Fsp3) is 0.364. The van der Waals surface area contributed by atoms with Crippen LogP contribution in [-0.2, 0) is 0 Å². The van der Waals surface area contributed by atoms with Crippen molar-refractivity contribution in [3.63, 3.8) is 0 Å². The third kappa shape index (κ3) is 3.98. The van der Waals surface area contributed by atoms with E-state index in [0.29, 0.717) is 28.9 Å². The highest BCUT2D eigenvalue weighted by Crippen LogP contribution is 2.40. The zero-order chi connectivity index (χ0) is 20.5. The summed E-state index contributed by atoms with van der Waals surface area (Å²) in [6, 6.07) is 9.87. The van der Waals surface area contributed by atoms with Crippen LogP contribution in [0.3, 0.4) is 0 Å². The van der Waals surface area contributed by atoms with Crippen molar-refractivity contribution in [2.24, 2.45) is 0 Å². The molecule has 2 atom stereocenters. The molecule has 0 aromatic heterocycles. The largest absolute Gasteiger partial charge is 0.485 e. The lowest BCUT2D eigenvalue weighted by atomic mass is 9.85. The number of benzene rings is 2. The van der Waals surface area contributed by atoms with Gasteiger partial charge in [-0.1, -0.05) is 6.92 Å². The molecular weight excluding hydrogens is 361 g/mol. The number of ketones is 2. The first-order valence-electron chi connectivity index (χ1n) is 9.29. The molecule has 5 nitrogen and oxygen atoms in total. The van der Waals surface area contributed by atoms with Crippen LogP contribution in [0.5, 0.6) is 5.75 Å². The predicted octanol–water partition coefficient (Wildman–Crippen LogP) is 3.46. The summed E-state index contributed by atoms with van der Waals surface area (Å²) < 4.78 is 19.0. The molecule has 0 fully saturated rings. The molecule has 3 rings (SSSR count). The van der Waals surface area contributed by atoms with Gasteiger partial charge in [0.1, 0.15) is 23.3 Å². The number of aliphatic hydroxyl groups is 1. The SMILES string of the molecule is CCC(=O)c1ccc2c(c1)[C@H](NCC(=O)c1ccc(F)cc1)[C@@H](O)C(C)(C)O2. The fourth-order valence-corrected chi connectivity index (χ4v) is 3.34. The number of carbonyl (C=O) groups is 2. The first-order chi connectivity index (χ1) is 13.2. The third-order valence-electron chi connectivity index (χ3n) is 5.04. The lowest BCUT2D eigenvalue weighted by Gasteiger charge is -2.42. The van der Waals surface area contributed by atoms with Gasteiger partial charge in [0.15, 0.2) is 11.6 Å². The molecule has 0 saturated heterocycles. The highest BCUT2D eigenvalue weighted by Gasteiger charge is 2.43. The van der Waals surface area contributed by atoms with E-state index in [0.717, 1.165) is 0 Å². The van der Waals surface area contributed by atoms with E-state index in [1.807, 2.05) is 0 Å². The summed E-state index contributed by atoms with van der Waals surface area (Å²) in [7, 11) is 0. The Bertz CT molecular complexity index is 892. The molecule has 148 valence electrons. The molecule has 0 bridgehead atoms. The van der Waals surface area contributed by atoms with E-state index < -0.39 is 23.6 Å². The Hall–Kier alpha value is -2.57. The monoisotopic (exact) mass is 385 g/mol. The van der Waals surface area contributed by atoms with Crippen LogP contribution in [0.15, 0.2) is 42.5 Å². The van der Waals surface area contributed by atoms with Gasteiger partial charge in [-0.25, -0.2) is 4.39 Å². The number of fused-ring (bicyclic) bond motifs is 1. The smallest absolute Gasteiger partial charge is 0.176 e. The molecule has 2 aromatic carbocycles. The molecule has 1 aliphatic heterocycles. The third-order valence-corrected chi connectivity index (χ3v) is 5.04. The Balaban J connectivity index is 1.87. The number of halogens is 1. The summed E-state index contributed by atoms with van der Waals surface area (Å²) in [5.41, 5.74) is 0.677. The van der Waals surface area contributed by atoms with E-state index >= 15 is 0 Å². The van der Waals surface area contributed by atoms with Crippen molar-refractivity contribution in [1.29, 1.82) is 0 Å². The molecule has 2 aromatic rings. The van der Waals surface area contributed by atoms with Crippen molar-refractivity contribution < 1.29 is 23.8 Å². The molecule has 0 spiro atoms. The summed E-state index contributed by atoms with van der Waals surface area (Å²) in [5.74, 6) is -0.0788. The minimum Gasteiger partial charge on any atom is -0.485 e. The minimum absolute atomic E-state index is 0.0109. The topological polar surface area (TPSA) is 75.6 Å². The van der Waals surface area contributed by atoms with Gasteiger partial charge >= 0.3 is 0 Å². The Kier molecular flexibility index (Phi) is 5.63. The van der Waals surface area contributed by atoms with E-state index in [1.54, 1.807) is 39.0 Å². The van der Waals surface area contributed by atoms with Crippen LogP contribution in [0.1, 0.15) is 59.5 Å². The average molecular weight is 385 g/mol. The van der Waals surface area contributed by atoms with Crippen LogP contribution < -0.4 is 10.1 Å². The average Bonchev–Trinajstić information content (AvgIpc) is 2.67. The predicted molar refractivity (Wildman–Crippen MR) is 103 cm³/mol. The number of aliphatic hydroxyl groups excluding tert-OH is 1. The zero-order valence-corrected chi connectivity index (χ0v) is 16.2. The maximum Gasteiger partial charge on any atom is 0.176 e. The molecular formula is C22H24FNO4. The first kappa shape index (κ1) is 20.2. The molecule has 6 heteroatoms. The quantitative estimate of drug-likeness (QED) is 0.745. The number of Topliss-reactive ketones (excluding diaryl/α,β-unsaturated/α-hetero) is 2.